The van der Waals surface area contributed by atoms with Crippen molar-refractivity contribution in [3.8, 4) is 17.1 Å². The van der Waals surface area contributed by atoms with E-state index in [1.165, 1.54) is 24.4 Å². The van der Waals surface area contributed by atoms with Crippen LogP contribution in [0.25, 0.3) is 11.3 Å². The number of carbonyl (C=O) groups excluding carboxylic acids is 2. The molecule has 4 aromatic rings. The summed E-state index contributed by atoms with van der Waals surface area (Å²) >= 11 is 0. The standard InChI is InChI=1S/C42H51N9O5/c1-6-37(53)46-32-20-28(7-8-34(32)49-14-13-48(24-26(49)2)29-10-17-56-18-11-29)45-38-40(55-5)44-23-33(47-38)30-9-12-43-39(31(30)25-52)51-16-15-50-35(41(51)54)19-27-21-42(3,4)22-36(27)50/h6-9,12,19-20,23,26,29,52H,1,10-11,13-18,21-22,24-25H2,2-5H3,(H,45,47)(H,46,53). The first-order chi connectivity index (χ1) is 27.1. The predicted molar refractivity (Wildman–Crippen MR) is 216 cm³/mol. The molecule has 0 bridgehead atoms. The summed E-state index contributed by atoms with van der Waals surface area (Å²) in [5.74, 6) is 0.550. The van der Waals surface area contributed by atoms with Gasteiger partial charge in [0.05, 0.1) is 37.0 Å². The molecule has 2 amide bonds. The molecule has 3 aliphatic heterocycles. The molecule has 2 fully saturated rings. The lowest BCUT2D eigenvalue weighted by molar-refractivity contribution is -0.111. The van der Waals surface area contributed by atoms with Crippen LogP contribution < -0.4 is 25.2 Å². The van der Waals surface area contributed by atoms with Crippen LogP contribution in [0.4, 0.5) is 28.7 Å². The van der Waals surface area contributed by atoms with Gasteiger partial charge < -0.3 is 34.7 Å². The van der Waals surface area contributed by atoms with Gasteiger partial charge in [0.1, 0.15) is 11.5 Å². The average molecular weight is 762 g/mol. The number of anilines is 5. The first-order valence-electron chi connectivity index (χ1n) is 19.5. The summed E-state index contributed by atoms with van der Waals surface area (Å²) in [6.45, 7) is 15.4. The number of nitrogens with one attached hydrogen (secondary N) is 2. The number of aliphatic hydroxyl groups is 1. The molecule has 1 aliphatic carbocycles. The second kappa shape index (κ2) is 15.3. The Morgan fingerprint density at radius 1 is 1.11 bits per heavy atom. The highest BCUT2D eigenvalue weighted by atomic mass is 16.5. The number of hydrogen-bond acceptors (Lipinski definition) is 11. The van der Waals surface area contributed by atoms with Gasteiger partial charge in [-0.15, -0.1) is 0 Å². The number of rotatable bonds is 10. The number of benzene rings is 1. The Morgan fingerprint density at radius 3 is 2.68 bits per heavy atom. The van der Waals surface area contributed by atoms with Gasteiger partial charge in [-0.3, -0.25) is 19.4 Å². The molecular weight excluding hydrogens is 711 g/mol. The lowest BCUT2D eigenvalue weighted by atomic mass is 9.90. The quantitative estimate of drug-likeness (QED) is 0.184. The predicted octanol–water partition coefficient (Wildman–Crippen LogP) is 5.18. The summed E-state index contributed by atoms with van der Waals surface area (Å²) < 4.78 is 13.4. The van der Waals surface area contributed by atoms with Crippen molar-refractivity contribution in [1.82, 2.24) is 24.4 Å². The van der Waals surface area contributed by atoms with E-state index in [1.54, 1.807) is 23.4 Å². The zero-order valence-electron chi connectivity index (χ0n) is 32.7. The molecule has 56 heavy (non-hydrogen) atoms. The minimum atomic E-state index is -0.361. The Balaban J connectivity index is 1.06. The number of nitrogens with zero attached hydrogens (tertiary/aromatic N) is 7. The zero-order chi connectivity index (χ0) is 39.1. The van der Waals surface area contributed by atoms with Crippen molar-refractivity contribution in [2.24, 2.45) is 5.41 Å². The maximum atomic E-state index is 14.0. The van der Waals surface area contributed by atoms with Gasteiger partial charge >= 0.3 is 0 Å². The minimum absolute atomic E-state index is 0.135. The number of hydrogen-bond donors (Lipinski definition) is 3. The van der Waals surface area contributed by atoms with Crippen LogP contribution >= 0.6 is 0 Å². The van der Waals surface area contributed by atoms with E-state index in [4.69, 9.17) is 14.5 Å². The van der Waals surface area contributed by atoms with Crippen LogP contribution in [-0.2, 0) is 35.5 Å². The van der Waals surface area contributed by atoms with Crippen molar-refractivity contribution in [3.05, 3.63) is 77.9 Å². The minimum Gasteiger partial charge on any atom is -0.478 e. The van der Waals surface area contributed by atoms with Crippen molar-refractivity contribution >= 4 is 40.5 Å². The SMILES string of the molecule is C=CC(=O)Nc1cc(Nc2nc(-c3ccnc(N4CCn5c(cc6c5CC(C)(C)C6)C4=O)c3CO)cnc2OC)ccc1N1CCN(C2CCOCC2)CC1C. The van der Waals surface area contributed by atoms with Gasteiger partial charge in [0.25, 0.3) is 11.8 Å². The highest BCUT2D eigenvalue weighted by molar-refractivity contribution is 6.06. The van der Waals surface area contributed by atoms with E-state index in [0.717, 1.165) is 64.2 Å². The first kappa shape index (κ1) is 37.6. The van der Waals surface area contributed by atoms with E-state index in [2.05, 4.69) is 62.3 Å². The number of aromatic nitrogens is 4. The van der Waals surface area contributed by atoms with Crippen LogP contribution in [0.3, 0.4) is 0 Å². The summed E-state index contributed by atoms with van der Waals surface area (Å²) in [6, 6.07) is 10.4. The van der Waals surface area contributed by atoms with Crippen LogP contribution in [0.1, 0.15) is 60.9 Å². The molecule has 4 aliphatic rings. The highest BCUT2D eigenvalue weighted by Gasteiger charge is 2.38. The van der Waals surface area contributed by atoms with Gasteiger partial charge in [0.15, 0.2) is 5.82 Å². The number of amides is 2. The zero-order valence-corrected chi connectivity index (χ0v) is 32.7. The molecule has 0 spiro atoms. The lowest BCUT2D eigenvalue weighted by Crippen LogP contribution is -2.56. The van der Waals surface area contributed by atoms with E-state index in [0.29, 0.717) is 64.7 Å². The van der Waals surface area contributed by atoms with Gasteiger partial charge in [-0.05, 0) is 80.0 Å². The second-order valence-electron chi connectivity index (χ2n) is 16.0. The normalized spacial score (nSPS) is 19.7. The monoisotopic (exact) mass is 761 g/mol. The summed E-state index contributed by atoms with van der Waals surface area (Å²) in [6.07, 6.45) is 8.47. The largest absolute Gasteiger partial charge is 0.478 e. The number of methoxy groups -OCH3 is 1. The van der Waals surface area contributed by atoms with Gasteiger partial charge in [-0.25, -0.2) is 15.0 Å². The number of aliphatic hydroxyl groups excluding tert-OH is 1. The number of fused-ring (bicyclic) bond motifs is 3. The van der Waals surface area contributed by atoms with Crippen LogP contribution in [-0.4, -0.2) is 99.9 Å². The lowest BCUT2D eigenvalue weighted by Gasteiger charge is -2.45. The number of ether oxygens (including phenoxy) is 2. The molecule has 14 heteroatoms. The maximum Gasteiger partial charge on any atom is 0.276 e. The van der Waals surface area contributed by atoms with Gasteiger partial charge in [-0.2, -0.15) is 0 Å². The topological polar surface area (TPSA) is 150 Å². The average Bonchev–Trinajstić information content (AvgIpc) is 3.70. The van der Waals surface area contributed by atoms with Gasteiger partial charge in [0.2, 0.25) is 5.91 Å². The Bertz CT molecular complexity index is 2160. The number of piperazine rings is 1. The van der Waals surface area contributed by atoms with Crippen molar-refractivity contribution in [3.63, 3.8) is 0 Å². The Labute approximate surface area is 327 Å². The van der Waals surface area contributed by atoms with Crippen LogP contribution in [0, 0.1) is 5.41 Å². The van der Waals surface area contributed by atoms with E-state index >= 15 is 0 Å². The molecule has 2 saturated heterocycles. The van der Waals surface area contributed by atoms with E-state index in [9.17, 15) is 14.7 Å². The van der Waals surface area contributed by atoms with E-state index in [-0.39, 0.29) is 35.8 Å². The number of carbonyl (C=O) groups is 2. The molecule has 0 radical (unpaired) electrons. The van der Waals surface area contributed by atoms with Gasteiger partial charge in [0, 0.05) is 86.7 Å². The maximum absolute atomic E-state index is 14.0. The fourth-order valence-corrected chi connectivity index (χ4v) is 8.97. The summed E-state index contributed by atoms with van der Waals surface area (Å²) in [5, 5.41) is 17.1. The first-order valence-corrected chi connectivity index (χ1v) is 19.5. The summed E-state index contributed by atoms with van der Waals surface area (Å²) in [7, 11) is 1.52. The molecule has 294 valence electrons. The molecule has 14 nitrogen and oxygen atoms in total. The fourth-order valence-electron chi connectivity index (χ4n) is 8.97. The van der Waals surface area contributed by atoms with Crippen LogP contribution in [0.2, 0.25) is 0 Å². The third-order valence-corrected chi connectivity index (χ3v) is 11.7. The Kier molecular flexibility index (Phi) is 10.3. The smallest absolute Gasteiger partial charge is 0.276 e. The third kappa shape index (κ3) is 7.12. The Morgan fingerprint density at radius 2 is 1.93 bits per heavy atom. The second-order valence-corrected chi connectivity index (χ2v) is 16.0. The van der Waals surface area contributed by atoms with Crippen molar-refractivity contribution < 1.29 is 24.2 Å². The van der Waals surface area contributed by atoms with Crippen molar-refractivity contribution in [2.45, 2.75) is 71.7 Å². The van der Waals surface area contributed by atoms with Crippen molar-refractivity contribution in [1.29, 1.82) is 0 Å². The molecule has 8 rings (SSSR count). The Hall–Kier alpha value is -5.31. The molecule has 1 unspecified atom stereocenters. The fraction of sp³-hybridized carbons (Fsp3) is 0.452. The molecule has 1 atom stereocenters. The molecule has 6 heterocycles. The molecule has 0 saturated carbocycles. The van der Waals surface area contributed by atoms with Gasteiger partial charge in [-0.1, -0.05) is 20.4 Å². The molecular formula is C42H51N9O5. The number of pyridine rings is 1. The highest BCUT2D eigenvalue weighted by Crippen LogP contribution is 2.41. The van der Waals surface area contributed by atoms with Crippen molar-refractivity contribution in [2.75, 3.05) is 66.9 Å². The van der Waals surface area contributed by atoms with E-state index < -0.39 is 0 Å². The van der Waals surface area contributed by atoms with Crippen LogP contribution in [0.15, 0.2) is 55.4 Å². The van der Waals surface area contributed by atoms with Crippen LogP contribution in [0.5, 0.6) is 5.88 Å². The van der Waals surface area contributed by atoms with E-state index in [1.807, 2.05) is 24.3 Å². The summed E-state index contributed by atoms with van der Waals surface area (Å²) in [4.78, 5) is 47.3. The molecule has 3 aromatic heterocycles. The molecule has 1 aromatic carbocycles. The molecule has 3 N–H and O–H groups in total. The third-order valence-electron chi connectivity index (χ3n) is 11.7. The summed E-state index contributed by atoms with van der Waals surface area (Å²) in [5.41, 5.74) is 7.08.